The van der Waals surface area contributed by atoms with Crippen LogP contribution in [0.1, 0.15) is 23.0 Å². The van der Waals surface area contributed by atoms with Crippen molar-refractivity contribution in [2.75, 3.05) is 17.2 Å². The third kappa shape index (κ3) is 2.76. The fraction of sp³-hybridized carbons (Fsp3) is 0.286. The van der Waals surface area contributed by atoms with Gasteiger partial charge in [-0.3, -0.25) is 0 Å². The average molecular weight is 288 g/mol. The topological polar surface area (TPSA) is 77.4 Å². The molecule has 1 aromatic carbocycles. The van der Waals surface area contributed by atoms with Crippen LogP contribution in [0, 0.1) is 6.92 Å². The number of esters is 1. The Balaban J connectivity index is 1.61. The normalized spacial score (nSPS) is 15.8. The van der Waals surface area contributed by atoms with Gasteiger partial charge in [-0.05, 0) is 38.1 Å². The third-order valence-electron chi connectivity index (χ3n) is 2.98. The number of hydrogen-bond donors (Lipinski definition) is 2. The first-order valence-corrected chi connectivity index (χ1v) is 6.70. The van der Waals surface area contributed by atoms with Gasteiger partial charge in [-0.25, -0.2) is 4.79 Å². The summed E-state index contributed by atoms with van der Waals surface area (Å²) in [6, 6.07) is 8.90. The van der Waals surface area contributed by atoms with Crippen LogP contribution >= 0.6 is 0 Å². The van der Waals surface area contributed by atoms with E-state index < -0.39 is 6.35 Å². The number of benzene rings is 1. The van der Waals surface area contributed by atoms with Crippen LogP contribution in [0.4, 0.5) is 11.5 Å². The molecule has 0 saturated heterocycles. The van der Waals surface area contributed by atoms with Crippen molar-refractivity contribution >= 4 is 17.5 Å². The second kappa shape index (κ2) is 5.35. The fourth-order valence-corrected chi connectivity index (χ4v) is 2.05. The van der Waals surface area contributed by atoms with Gasteiger partial charge >= 0.3 is 5.97 Å². The molecule has 0 bridgehead atoms. The van der Waals surface area contributed by atoms with Crippen LogP contribution in [-0.4, -0.2) is 28.9 Å². The lowest BCUT2D eigenvalue weighted by Crippen LogP contribution is -2.32. The van der Waals surface area contributed by atoms with Crippen LogP contribution < -0.4 is 15.5 Å². The van der Waals surface area contributed by atoms with Gasteiger partial charge in [0.2, 0.25) is 0 Å². The Labute approximate surface area is 121 Å². The number of ether oxygens (including phenoxy) is 1. The number of aryl methyl sites for hydroxylation is 1. The van der Waals surface area contributed by atoms with Gasteiger partial charge in [-0.1, -0.05) is 4.85 Å². The molecule has 1 aliphatic heterocycles. The Kier molecular flexibility index (Phi) is 3.39. The second-order valence-corrected chi connectivity index (χ2v) is 4.62. The maximum absolute atomic E-state index is 11.6. The minimum Gasteiger partial charge on any atom is -0.462 e. The number of hydrogen-bond acceptors (Lipinski definition) is 6. The zero-order valence-electron chi connectivity index (χ0n) is 11.8. The van der Waals surface area contributed by atoms with Crippen LogP contribution in [0.2, 0.25) is 0 Å². The highest BCUT2D eigenvalue weighted by molar-refractivity contribution is 5.89. The van der Waals surface area contributed by atoms with E-state index in [0.717, 1.165) is 17.2 Å². The summed E-state index contributed by atoms with van der Waals surface area (Å²) in [6.45, 7) is 4.04. The zero-order chi connectivity index (χ0) is 14.8. The molecule has 2 N–H and O–H groups in total. The lowest BCUT2D eigenvalue weighted by molar-refractivity contribution is 0.0526. The Bertz CT molecular complexity index is 627. The smallest absolute Gasteiger partial charge is 0.338 e. The summed E-state index contributed by atoms with van der Waals surface area (Å²) in [6.07, 6.45) is -0.401. The Hall–Kier alpha value is -2.70. The standard InChI is InChI=1S/C14H16N4O3/c1-3-20-13(19)10-4-6-11(7-5-10)15-14-16-12-8-9(2)17-18(12)21-14/h4-8,14-16H,3H2,1-2H3. The van der Waals surface area contributed by atoms with E-state index in [-0.39, 0.29) is 5.97 Å². The summed E-state index contributed by atoms with van der Waals surface area (Å²) in [7, 11) is 0. The number of rotatable bonds is 4. The molecule has 0 radical (unpaired) electrons. The van der Waals surface area contributed by atoms with Crippen molar-refractivity contribution in [1.82, 2.24) is 9.94 Å². The molecule has 110 valence electrons. The van der Waals surface area contributed by atoms with Crippen molar-refractivity contribution < 1.29 is 14.4 Å². The minimum atomic E-state index is -0.401. The van der Waals surface area contributed by atoms with Gasteiger partial charge in [0.15, 0.2) is 5.82 Å². The van der Waals surface area contributed by atoms with Crippen LogP contribution in [-0.2, 0) is 4.74 Å². The molecule has 1 unspecified atom stereocenters. The van der Waals surface area contributed by atoms with Crippen molar-refractivity contribution in [1.29, 1.82) is 0 Å². The SMILES string of the molecule is CCOC(=O)c1ccc(NC2Nc3cc(C)nn3O2)cc1. The van der Waals surface area contributed by atoms with Crippen molar-refractivity contribution in [3.63, 3.8) is 0 Å². The van der Waals surface area contributed by atoms with E-state index >= 15 is 0 Å². The number of carbonyl (C=O) groups is 1. The molecule has 21 heavy (non-hydrogen) atoms. The second-order valence-electron chi connectivity index (χ2n) is 4.62. The Morgan fingerprint density at radius 3 is 2.90 bits per heavy atom. The summed E-state index contributed by atoms with van der Waals surface area (Å²) in [5, 5.41) is 10.5. The van der Waals surface area contributed by atoms with E-state index in [0.29, 0.717) is 12.2 Å². The lowest BCUT2D eigenvalue weighted by atomic mass is 10.2. The summed E-state index contributed by atoms with van der Waals surface area (Å²) in [4.78, 5) is 18.5. The highest BCUT2D eigenvalue weighted by Crippen LogP contribution is 2.18. The van der Waals surface area contributed by atoms with Crippen molar-refractivity contribution in [3.05, 3.63) is 41.6 Å². The molecule has 0 spiro atoms. The molecule has 0 amide bonds. The van der Waals surface area contributed by atoms with Crippen molar-refractivity contribution in [2.24, 2.45) is 0 Å². The van der Waals surface area contributed by atoms with E-state index in [9.17, 15) is 4.79 Å². The number of anilines is 2. The highest BCUT2D eigenvalue weighted by Gasteiger charge is 2.23. The van der Waals surface area contributed by atoms with E-state index in [2.05, 4.69) is 15.7 Å². The number of nitrogens with one attached hydrogen (secondary N) is 2. The summed E-state index contributed by atoms with van der Waals surface area (Å²) < 4.78 is 4.94. The maximum Gasteiger partial charge on any atom is 0.338 e. The predicted octanol–water partition coefficient (Wildman–Crippen LogP) is 1.62. The summed E-state index contributed by atoms with van der Waals surface area (Å²) >= 11 is 0. The van der Waals surface area contributed by atoms with Gasteiger partial charge in [0.1, 0.15) is 0 Å². The summed E-state index contributed by atoms with van der Waals surface area (Å²) in [5.74, 6) is 0.475. The average Bonchev–Trinajstić information content (AvgIpc) is 2.96. The molecule has 7 nitrogen and oxygen atoms in total. The first-order chi connectivity index (χ1) is 10.2. The van der Waals surface area contributed by atoms with Crippen LogP contribution in [0.15, 0.2) is 30.3 Å². The Morgan fingerprint density at radius 2 is 2.24 bits per heavy atom. The first kappa shape index (κ1) is 13.3. The van der Waals surface area contributed by atoms with Gasteiger partial charge in [-0.2, -0.15) is 0 Å². The number of nitrogens with zero attached hydrogens (tertiary/aromatic N) is 2. The van der Waals surface area contributed by atoms with Crippen LogP contribution in [0.25, 0.3) is 0 Å². The fourth-order valence-electron chi connectivity index (χ4n) is 2.05. The molecule has 2 aromatic rings. The zero-order valence-corrected chi connectivity index (χ0v) is 11.8. The molecule has 7 heteroatoms. The van der Waals surface area contributed by atoms with Crippen LogP contribution in [0.5, 0.6) is 0 Å². The quantitative estimate of drug-likeness (QED) is 0.832. The van der Waals surface area contributed by atoms with E-state index in [1.54, 1.807) is 31.2 Å². The van der Waals surface area contributed by atoms with E-state index in [1.807, 2.05) is 13.0 Å². The molecular weight excluding hydrogens is 272 g/mol. The number of aromatic nitrogens is 2. The maximum atomic E-state index is 11.6. The molecule has 0 fully saturated rings. The highest BCUT2D eigenvalue weighted by atomic mass is 16.7. The van der Waals surface area contributed by atoms with E-state index in [1.165, 1.54) is 4.85 Å². The monoisotopic (exact) mass is 288 g/mol. The predicted molar refractivity (Wildman–Crippen MR) is 77.0 cm³/mol. The molecular formula is C14H16N4O3. The molecule has 1 aliphatic rings. The minimum absolute atomic E-state index is 0.324. The number of carbonyl (C=O) groups excluding carboxylic acids is 1. The van der Waals surface area contributed by atoms with Crippen LogP contribution in [0.3, 0.4) is 0 Å². The largest absolute Gasteiger partial charge is 0.462 e. The molecule has 0 aliphatic carbocycles. The van der Waals surface area contributed by atoms with Crippen molar-refractivity contribution in [3.8, 4) is 0 Å². The van der Waals surface area contributed by atoms with Gasteiger partial charge in [0.05, 0.1) is 17.9 Å². The molecule has 1 atom stereocenters. The molecule has 0 saturated carbocycles. The van der Waals surface area contributed by atoms with Crippen molar-refractivity contribution in [2.45, 2.75) is 20.2 Å². The van der Waals surface area contributed by atoms with Gasteiger partial charge in [-0.15, -0.1) is 5.10 Å². The number of fused-ring (bicyclic) bond motifs is 1. The van der Waals surface area contributed by atoms with Gasteiger partial charge in [0.25, 0.3) is 6.35 Å². The third-order valence-corrected chi connectivity index (χ3v) is 2.98. The molecule has 3 rings (SSSR count). The lowest BCUT2D eigenvalue weighted by Gasteiger charge is -2.13. The van der Waals surface area contributed by atoms with E-state index in [4.69, 9.17) is 9.57 Å². The molecule has 1 aromatic heterocycles. The molecule has 2 heterocycles. The first-order valence-electron chi connectivity index (χ1n) is 6.70. The van der Waals surface area contributed by atoms with Gasteiger partial charge in [0, 0.05) is 11.8 Å². The Morgan fingerprint density at radius 1 is 1.48 bits per heavy atom. The summed E-state index contributed by atoms with van der Waals surface area (Å²) in [5.41, 5.74) is 2.23. The van der Waals surface area contributed by atoms with Gasteiger partial charge < -0.3 is 20.2 Å².